The molecule has 0 saturated carbocycles. The zero-order valence-electron chi connectivity index (χ0n) is 8.66. The van der Waals surface area contributed by atoms with Crippen molar-refractivity contribution < 1.29 is 14.6 Å². The first-order valence-corrected chi connectivity index (χ1v) is 5.33. The summed E-state index contributed by atoms with van der Waals surface area (Å²) in [5.41, 5.74) is -0.880. The van der Waals surface area contributed by atoms with Crippen molar-refractivity contribution >= 4 is 21.9 Å². The van der Waals surface area contributed by atoms with Crippen LogP contribution >= 0.6 is 15.9 Å². The molecule has 0 fully saturated rings. The summed E-state index contributed by atoms with van der Waals surface area (Å²) in [6.45, 7) is 3.41. The van der Waals surface area contributed by atoms with Crippen molar-refractivity contribution in [2.24, 2.45) is 5.41 Å². The van der Waals surface area contributed by atoms with E-state index in [1.165, 1.54) is 0 Å². The van der Waals surface area contributed by atoms with Crippen molar-refractivity contribution in [3.63, 3.8) is 0 Å². The Morgan fingerprint density at radius 2 is 2.07 bits per heavy atom. The van der Waals surface area contributed by atoms with E-state index in [-0.39, 0.29) is 6.61 Å². The lowest BCUT2D eigenvalue weighted by Gasteiger charge is -2.19. The molecule has 0 aliphatic heterocycles. The zero-order valence-corrected chi connectivity index (χ0v) is 10.2. The highest BCUT2D eigenvalue weighted by atomic mass is 79.9. The maximum Gasteiger partial charge on any atom is 0.312 e. The summed E-state index contributed by atoms with van der Waals surface area (Å²) in [7, 11) is 0. The van der Waals surface area contributed by atoms with Crippen LogP contribution in [0.25, 0.3) is 0 Å². The second-order valence-corrected chi connectivity index (χ2v) is 4.76. The van der Waals surface area contributed by atoms with E-state index in [1.807, 2.05) is 18.2 Å². The van der Waals surface area contributed by atoms with Crippen molar-refractivity contribution in [3.8, 4) is 5.75 Å². The number of hydrogen-bond acceptors (Lipinski definition) is 2. The molecule has 1 aromatic rings. The van der Waals surface area contributed by atoms with Crippen LogP contribution in [0.2, 0.25) is 0 Å². The highest BCUT2D eigenvalue weighted by Crippen LogP contribution is 2.26. The van der Waals surface area contributed by atoms with E-state index in [4.69, 9.17) is 9.84 Å². The monoisotopic (exact) mass is 272 g/mol. The van der Waals surface area contributed by atoms with Gasteiger partial charge in [-0.1, -0.05) is 12.1 Å². The third-order valence-electron chi connectivity index (χ3n) is 2.00. The SMILES string of the molecule is CC(C)(COc1ccccc1Br)C(=O)O. The molecular formula is C11H13BrO3. The minimum Gasteiger partial charge on any atom is -0.491 e. The van der Waals surface area contributed by atoms with Gasteiger partial charge >= 0.3 is 5.97 Å². The van der Waals surface area contributed by atoms with Crippen molar-refractivity contribution in [1.82, 2.24) is 0 Å². The number of aliphatic carboxylic acids is 1. The Bertz CT molecular complexity index is 361. The van der Waals surface area contributed by atoms with E-state index < -0.39 is 11.4 Å². The van der Waals surface area contributed by atoms with Gasteiger partial charge in [-0.3, -0.25) is 4.79 Å². The van der Waals surface area contributed by atoms with Gasteiger partial charge in [0, 0.05) is 0 Å². The summed E-state index contributed by atoms with van der Waals surface area (Å²) in [5.74, 6) is -0.207. The Balaban J connectivity index is 2.66. The molecule has 0 radical (unpaired) electrons. The zero-order chi connectivity index (χ0) is 11.5. The van der Waals surface area contributed by atoms with Crippen LogP contribution in [0.15, 0.2) is 28.7 Å². The van der Waals surface area contributed by atoms with Gasteiger partial charge in [-0.05, 0) is 41.9 Å². The van der Waals surface area contributed by atoms with Gasteiger partial charge in [-0.25, -0.2) is 0 Å². The highest BCUT2D eigenvalue weighted by molar-refractivity contribution is 9.10. The fourth-order valence-electron chi connectivity index (χ4n) is 0.882. The van der Waals surface area contributed by atoms with Gasteiger partial charge in [0.2, 0.25) is 0 Å². The molecule has 0 aromatic heterocycles. The molecule has 1 aromatic carbocycles. The van der Waals surface area contributed by atoms with Crippen molar-refractivity contribution in [2.45, 2.75) is 13.8 Å². The minimum atomic E-state index is -0.880. The van der Waals surface area contributed by atoms with Crippen molar-refractivity contribution in [3.05, 3.63) is 28.7 Å². The highest BCUT2D eigenvalue weighted by Gasteiger charge is 2.28. The molecule has 0 amide bonds. The number of ether oxygens (including phenoxy) is 1. The van der Waals surface area contributed by atoms with E-state index in [1.54, 1.807) is 19.9 Å². The van der Waals surface area contributed by atoms with Gasteiger partial charge in [0.25, 0.3) is 0 Å². The van der Waals surface area contributed by atoms with E-state index in [2.05, 4.69) is 15.9 Å². The summed E-state index contributed by atoms with van der Waals surface area (Å²) < 4.78 is 6.26. The Morgan fingerprint density at radius 1 is 1.47 bits per heavy atom. The molecule has 3 nitrogen and oxygen atoms in total. The fourth-order valence-corrected chi connectivity index (χ4v) is 1.28. The standard InChI is InChI=1S/C11H13BrO3/c1-11(2,10(13)14)7-15-9-6-4-3-5-8(9)12/h3-6H,7H2,1-2H3,(H,13,14). The van der Waals surface area contributed by atoms with E-state index in [9.17, 15) is 4.79 Å². The first kappa shape index (κ1) is 12.0. The minimum absolute atomic E-state index is 0.144. The van der Waals surface area contributed by atoms with E-state index >= 15 is 0 Å². The summed E-state index contributed by atoms with van der Waals surface area (Å²) in [5, 5.41) is 8.90. The van der Waals surface area contributed by atoms with Crippen LogP contribution in [-0.2, 0) is 4.79 Å². The Hall–Kier alpha value is -1.03. The Kier molecular flexibility index (Phi) is 3.74. The molecule has 0 saturated heterocycles. The molecule has 1 N–H and O–H groups in total. The quantitative estimate of drug-likeness (QED) is 0.917. The average molecular weight is 273 g/mol. The summed E-state index contributed by atoms with van der Waals surface area (Å²) >= 11 is 3.33. The lowest BCUT2D eigenvalue weighted by Crippen LogP contribution is -2.30. The number of hydrogen-bond donors (Lipinski definition) is 1. The van der Waals surface area contributed by atoms with Crippen LogP contribution < -0.4 is 4.74 Å². The molecule has 1 rings (SSSR count). The van der Waals surface area contributed by atoms with Crippen LogP contribution in [0, 0.1) is 5.41 Å². The van der Waals surface area contributed by atoms with Crippen LogP contribution in [0.5, 0.6) is 5.75 Å². The van der Waals surface area contributed by atoms with Gasteiger partial charge in [0.15, 0.2) is 0 Å². The first-order chi connectivity index (χ1) is 6.93. The fraction of sp³-hybridized carbons (Fsp3) is 0.364. The smallest absolute Gasteiger partial charge is 0.312 e. The van der Waals surface area contributed by atoms with E-state index in [0.29, 0.717) is 5.75 Å². The van der Waals surface area contributed by atoms with Crippen LogP contribution in [0.4, 0.5) is 0 Å². The molecule has 0 spiro atoms. The number of carbonyl (C=O) groups is 1. The predicted octanol–water partition coefficient (Wildman–Crippen LogP) is 2.94. The Labute approximate surface area is 97.2 Å². The van der Waals surface area contributed by atoms with Gasteiger partial charge in [-0.2, -0.15) is 0 Å². The predicted molar refractivity (Wildman–Crippen MR) is 61.1 cm³/mol. The van der Waals surface area contributed by atoms with Crippen LogP contribution in [0.1, 0.15) is 13.8 Å². The van der Waals surface area contributed by atoms with E-state index in [0.717, 1.165) is 4.47 Å². The van der Waals surface area contributed by atoms with Gasteiger partial charge < -0.3 is 9.84 Å². The third kappa shape index (κ3) is 3.23. The lowest BCUT2D eigenvalue weighted by molar-refractivity contribution is -0.148. The Morgan fingerprint density at radius 3 is 2.60 bits per heavy atom. The third-order valence-corrected chi connectivity index (χ3v) is 2.66. The molecule has 0 aliphatic carbocycles. The molecule has 0 atom stereocenters. The largest absolute Gasteiger partial charge is 0.491 e. The average Bonchev–Trinajstić information content (AvgIpc) is 2.16. The maximum atomic E-state index is 10.8. The van der Waals surface area contributed by atoms with Crippen LogP contribution in [0.3, 0.4) is 0 Å². The number of carboxylic acid groups (broad SMARTS) is 1. The van der Waals surface area contributed by atoms with Crippen molar-refractivity contribution in [1.29, 1.82) is 0 Å². The molecule has 15 heavy (non-hydrogen) atoms. The number of benzene rings is 1. The van der Waals surface area contributed by atoms with Crippen LogP contribution in [-0.4, -0.2) is 17.7 Å². The van der Waals surface area contributed by atoms with Gasteiger partial charge in [-0.15, -0.1) is 0 Å². The summed E-state index contributed by atoms with van der Waals surface area (Å²) in [4.78, 5) is 10.8. The second kappa shape index (κ2) is 4.66. The topological polar surface area (TPSA) is 46.5 Å². The molecule has 0 aliphatic rings. The first-order valence-electron chi connectivity index (χ1n) is 4.54. The lowest BCUT2D eigenvalue weighted by atomic mass is 9.95. The second-order valence-electron chi connectivity index (χ2n) is 3.91. The summed E-state index contributed by atoms with van der Waals surface area (Å²) in [6.07, 6.45) is 0. The molecule has 4 heteroatoms. The molecular weight excluding hydrogens is 260 g/mol. The molecule has 82 valence electrons. The van der Waals surface area contributed by atoms with Crippen molar-refractivity contribution in [2.75, 3.05) is 6.61 Å². The molecule has 0 unspecified atom stereocenters. The normalized spacial score (nSPS) is 11.1. The van der Waals surface area contributed by atoms with Gasteiger partial charge in [0.05, 0.1) is 9.89 Å². The maximum absolute atomic E-state index is 10.8. The number of carboxylic acids is 1. The number of para-hydroxylation sites is 1. The number of rotatable bonds is 4. The molecule has 0 bridgehead atoms. The van der Waals surface area contributed by atoms with Gasteiger partial charge in [0.1, 0.15) is 12.4 Å². The summed E-state index contributed by atoms with van der Waals surface area (Å²) in [6, 6.07) is 7.36. The molecule has 0 heterocycles. The number of halogens is 1.